The van der Waals surface area contributed by atoms with E-state index in [1.54, 1.807) is 6.07 Å². The van der Waals surface area contributed by atoms with Gasteiger partial charge in [-0.05, 0) is 38.9 Å². The van der Waals surface area contributed by atoms with Crippen LogP contribution in [0.2, 0.25) is 10.0 Å². The summed E-state index contributed by atoms with van der Waals surface area (Å²) in [5.41, 5.74) is 1.47. The van der Waals surface area contributed by atoms with Gasteiger partial charge in [0, 0.05) is 18.7 Å². The smallest absolute Gasteiger partial charge is 0.263 e. The summed E-state index contributed by atoms with van der Waals surface area (Å²) in [4.78, 5) is 19.9. The zero-order valence-electron chi connectivity index (χ0n) is 13.4. The molecule has 7 heteroatoms. The van der Waals surface area contributed by atoms with Crippen LogP contribution >= 0.6 is 34.5 Å². The molecule has 2 heterocycles. The van der Waals surface area contributed by atoms with Gasteiger partial charge in [-0.3, -0.25) is 4.79 Å². The fourth-order valence-electron chi connectivity index (χ4n) is 2.81. The average molecular weight is 384 g/mol. The third-order valence-electron chi connectivity index (χ3n) is 4.10. The van der Waals surface area contributed by atoms with Crippen molar-refractivity contribution >= 4 is 40.4 Å². The summed E-state index contributed by atoms with van der Waals surface area (Å²) in [6, 6.07) is 5.43. The predicted molar refractivity (Wildman–Crippen MR) is 100 cm³/mol. The molecule has 0 atom stereocenters. The van der Waals surface area contributed by atoms with E-state index in [1.807, 2.05) is 19.1 Å². The van der Waals surface area contributed by atoms with Crippen molar-refractivity contribution in [3.63, 3.8) is 0 Å². The number of nitrogens with one attached hydrogen (secondary N) is 1. The molecule has 1 aliphatic heterocycles. The minimum Gasteiger partial charge on any atom is -0.350 e. The first-order valence-electron chi connectivity index (χ1n) is 7.98. The highest BCUT2D eigenvalue weighted by atomic mass is 35.5. The molecular formula is C17H19Cl2N3OS. The van der Waals surface area contributed by atoms with E-state index in [9.17, 15) is 4.79 Å². The van der Waals surface area contributed by atoms with Gasteiger partial charge >= 0.3 is 0 Å². The molecule has 1 aliphatic rings. The van der Waals surface area contributed by atoms with Crippen LogP contribution in [-0.2, 0) is 0 Å². The summed E-state index contributed by atoms with van der Waals surface area (Å²) in [6.07, 6.45) is 2.51. The van der Waals surface area contributed by atoms with E-state index in [0.717, 1.165) is 25.2 Å². The number of aromatic nitrogens is 1. The van der Waals surface area contributed by atoms with Crippen molar-refractivity contribution in [2.24, 2.45) is 0 Å². The van der Waals surface area contributed by atoms with Crippen LogP contribution in [0.3, 0.4) is 0 Å². The maximum absolute atomic E-state index is 12.4. The standard InChI is InChI=1S/C17H19Cl2N3OS/c1-11-15(16(23)20-7-10-22-8-2-3-9-22)24-17(21-11)12-5-4-6-13(18)14(12)19/h4-6H,2-3,7-10H2,1H3,(H,20,23). The number of halogens is 2. The van der Waals surface area contributed by atoms with Crippen molar-refractivity contribution in [2.75, 3.05) is 26.2 Å². The van der Waals surface area contributed by atoms with Crippen LogP contribution in [0.5, 0.6) is 0 Å². The molecule has 0 spiro atoms. The lowest BCUT2D eigenvalue weighted by Gasteiger charge is -2.14. The minimum absolute atomic E-state index is 0.0754. The SMILES string of the molecule is Cc1nc(-c2cccc(Cl)c2Cl)sc1C(=O)NCCN1CCCC1. The Bertz CT molecular complexity index is 741. The van der Waals surface area contributed by atoms with Gasteiger partial charge in [0.2, 0.25) is 0 Å². The molecule has 1 amide bonds. The molecule has 3 rings (SSSR count). The molecule has 0 aliphatic carbocycles. The molecular weight excluding hydrogens is 365 g/mol. The topological polar surface area (TPSA) is 45.2 Å². The summed E-state index contributed by atoms with van der Waals surface area (Å²) in [6.45, 7) is 5.66. The molecule has 0 unspecified atom stereocenters. The normalized spacial score (nSPS) is 15.0. The molecule has 1 fully saturated rings. The number of hydrogen-bond donors (Lipinski definition) is 1. The van der Waals surface area contributed by atoms with Gasteiger partial charge in [0.15, 0.2) is 0 Å². The van der Waals surface area contributed by atoms with Crippen LogP contribution in [0.15, 0.2) is 18.2 Å². The maximum atomic E-state index is 12.4. The Morgan fingerprint density at radius 3 is 2.83 bits per heavy atom. The lowest BCUT2D eigenvalue weighted by molar-refractivity contribution is 0.0953. The Morgan fingerprint density at radius 1 is 1.33 bits per heavy atom. The van der Waals surface area contributed by atoms with Crippen LogP contribution in [0.1, 0.15) is 28.2 Å². The highest BCUT2D eigenvalue weighted by Gasteiger charge is 2.18. The van der Waals surface area contributed by atoms with Crippen LogP contribution in [0.4, 0.5) is 0 Å². The molecule has 4 nitrogen and oxygen atoms in total. The van der Waals surface area contributed by atoms with Gasteiger partial charge in [0.25, 0.3) is 5.91 Å². The third-order valence-corrected chi connectivity index (χ3v) is 6.11. The van der Waals surface area contributed by atoms with Crippen molar-refractivity contribution in [1.82, 2.24) is 15.2 Å². The number of amides is 1. The first-order chi connectivity index (χ1) is 11.6. The van der Waals surface area contributed by atoms with Gasteiger partial charge in [-0.25, -0.2) is 4.98 Å². The Morgan fingerprint density at radius 2 is 2.08 bits per heavy atom. The van der Waals surface area contributed by atoms with Crippen LogP contribution in [0, 0.1) is 6.92 Å². The molecule has 1 saturated heterocycles. The fraction of sp³-hybridized carbons (Fsp3) is 0.412. The molecule has 0 bridgehead atoms. The quantitative estimate of drug-likeness (QED) is 0.838. The van der Waals surface area contributed by atoms with Gasteiger partial charge in [0.05, 0.1) is 15.7 Å². The molecule has 1 aromatic heterocycles. The van der Waals surface area contributed by atoms with Crippen molar-refractivity contribution in [3.05, 3.63) is 38.8 Å². The van der Waals surface area contributed by atoms with Gasteiger partial charge in [-0.1, -0.05) is 35.3 Å². The van der Waals surface area contributed by atoms with E-state index in [4.69, 9.17) is 23.2 Å². The largest absolute Gasteiger partial charge is 0.350 e. The van der Waals surface area contributed by atoms with E-state index >= 15 is 0 Å². The number of rotatable bonds is 5. The number of thiazole rings is 1. The Balaban J connectivity index is 1.69. The number of carbonyl (C=O) groups is 1. The summed E-state index contributed by atoms with van der Waals surface area (Å²) in [5.74, 6) is -0.0754. The number of benzene rings is 1. The summed E-state index contributed by atoms with van der Waals surface area (Å²) in [5, 5.41) is 4.65. The zero-order chi connectivity index (χ0) is 17.1. The van der Waals surface area contributed by atoms with Gasteiger partial charge in [0.1, 0.15) is 9.88 Å². The summed E-state index contributed by atoms with van der Waals surface area (Å²) in [7, 11) is 0. The Kier molecular flexibility index (Phi) is 5.76. The molecule has 24 heavy (non-hydrogen) atoms. The summed E-state index contributed by atoms with van der Waals surface area (Å²) >= 11 is 13.7. The Hall–Kier alpha value is -1.14. The first kappa shape index (κ1) is 17.7. The van der Waals surface area contributed by atoms with Crippen molar-refractivity contribution in [1.29, 1.82) is 0 Å². The number of likely N-dealkylation sites (tertiary alicyclic amines) is 1. The van der Waals surface area contributed by atoms with Crippen LogP contribution in [0.25, 0.3) is 10.6 Å². The molecule has 1 aromatic carbocycles. The van der Waals surface area contributed by atoms with E-state index < -0.39 is 0 Å². The second-order valence-corrected chi connectivity index (χ2v) is 7.62. The van der Waals surface area contributed by atoms with Crippen molar-refractivity contribution < 1.29 is 4.79 Å². The number of aryl methyl sites for hydroxylation is 1. The number of carbonyl (C=O) groups excluding carboxylic acids is 1. The molecule has 128 valence electrons. The maximum Gasteiger partial charge on any atom is 0.263 e. The van der Waals surface area contributed by atoms with Crippen molar-refractivity contribution in [2.45, 2.75) is 19.8 Å². The molecule has 2 aromatic rings. The monoisotopic (exact) mass is 383 g/mol. The highest BCUT2D eigenvalue weighted by Crippen LogP contribution is 2.36. The van der Waals surface area contributed by atoms with Crippen LogP contribution < -0.4 is 5.32 Å². The Labute approximate surface area is 155 Å². The second-order valence-electron chi connectivity index (χ2n) is 5.84. The lowest BCUT2D eigenvalue weighted by atomic mass is 10.2. The molecule has 0 saturated carbocycles. The summed E-state index contributed by atoms with van der Waals surface area (Å²) < 4.78 is 0. The van der Waals surface area contributed by atoms with E-state index in [0.29, 0.717) is 32.2 Å². The van der Waals surface area contributed by atoms with E-state index in [1.165, 1.54) is 24.2 Å². The zero-order valence-corrected chi connectivity index (χ0v) is 15.8. The lowest BCUT2D eigenvalue weighted by Crippen LogP contribution is -2.33. The fourth-order valence-corrected chi connectivity index (χ4v) is 4.27. The number of hydrogen-bond acceptors (Lipinski definition) is 4. The first-order valence-corrected chi connectivity index (χ1v) is 9.56. The minimum atomic E-state index is -0.0754. The third kappa shape index (κ3) is 3.91. The van der Waals surface area contributed by atoms with Crippen molar-refractivity contribution in [3.8, 4) is 10.6 Å². The van der Waals surface area contributed by atoms with E-state index in [2.05, 4.69) is 15.2 Å². The van der Waals surface area contributed by atoms with Gasteiger partial charge in [-0.2, -0.15) is 0 Å². The van der Waals surface area contributed by atoms with E-state index in [-0.39, 0.29) is 5.91 Å². The predicted octanol–water partition coefficient (Wildman–Crippen LogP) is 4.25. The second kappa shape index (κ2) is 7.83. The highest BCUT2D eigenvalue weighted by molar-refractivity contribution is 7.17. The average Bonchev–Trinajstić information content (AvgIpc) is 3.19. The molecule has 1 N–H and O–H groups in total. The van der Waals surface area contributed by atoms with Gasteiger partial charge in [-0.15, -0.1) is 11.3 Å². The molecule has 0 radical (unpaired) electrons. The van der Waals surface area contributed by atoms with Crippen LogP contribution in [-0.4, -0.2) is 42.0 Å². The number of nitrogens with zero attached hydrogens (tertiary/aromatic N) is 2. The van der Waals surface area contributed by atoms with Gasteiger partial charge < -0.3 is 10.2 Å².